The van der Waals surface area contributed by atoms with E-state index >= 15 is 0 Å². The summed E-state index contributed by atoms with van der Waals surface area (Å²) < 4.78 is 25.5. The van der Waals surface area contributed by atoms with Gasteiger partial charge < -0.3 is 10.6 Å². The Kier molecular flexibility index (Phi) is 5.24. The molecular weight excluding hydrogens is 416 g/mol. The molecule has 3 aliphatic rings. The SMILES string of the molecule is CS(=O)(=O)Nc1ccc2c(c1)CCN(C(=O)C1CCCCC1(C(N)=O)C1(C#N)CC1)C2. The molecule has 9 heteroatoms. The molecule has 0 radical (unpaired) electrons. The third kappa shape index (κ3) is 3.67. The van der Waals surface area contributed by atoms with Gasteiger partial charge in [0.15, 0.2) is 0 Å². The van der Waals surface area contributed by atoms with Crippen LogP contribution in [0.2, 0.25) is 0 Å². The standard InChI is InChI=1S/C22H28N4O4S/c1-31(29,30)25-17-6-5-16-13-26(11-7-15(16)12-17)19(27)18-4-2-3-8-22(18,20(24)28)21(14-23)9-10-21/h5-6,12,18,25H,2-4,7-11,13H2,1H3,(H2,24,28). The molecule has 1 aromatic rings. The first kappa shape index (κ1) is 21.6. The Labute approximate surface area is 182 Å². The lowest BCUT2D eigenvalue weighted by molar-refractivity contribution is -0.154. The number of fused-ring (bicyclic) bond motifs is 1. The Morgan fingerprint density at radius 1 is 1.23 bits per heavy atom. The minimum absolute atomic E-state index is 0.0935. The van der Waals surface area contributed by atoms with Gasteiger partial charge in [-0.25, -0.2) is 8.42 Å². The number of carbonyl (C=O) groups excluding carboxylic acids is 2. The molecule has 1 aromatic carbocycles. The number of rotatable bonds is 5. The van der Waals surface area contributed by atoms with Crippen LogP contribution < -0.4 is 10.5 Å². The first-order valence-electron chi connectivity index (χ1n) is 10.7. The maximum absolute atomic E-state index is 13.6. The second-order valence-electron chi connectivity index (χ2n) is 9.20. The third-order valence-corrected chi connectivity index (χ3v) is 7.90. The topological polar surface area (TPSA) is 133 Å². The highest BCUT2D eigenvalue weighted by atomic mass is 32.2. The molecule has 0 spiro atoms. The first-order chi connectivity index (χ1) is 14.6. The molecule has 0 aromatic heterocycles. The second kappa shape index (κ2) is 7.52. The van der Waals surface area contributed by atoms with Crippen LogP contribution in [0, 0.1) is 28.1 Å². The first-order valence-corrected chi connectivity index (χ1v) is 12.6. The number of primary amides is 1. The van der Waals surface area contributed by atoms with Crippen molar-refractivity contribution >= 4 is 27.5 Å². The molecule has 3 N–H and O–H groups in total. The molecule has 8 nitrogen and oxygen atoms in total. The van der Waals surface area contributed by atoms with Gasteiger partial charge >= 0.3 is 0 Å². The van der Waals surface area contributed by atoms with E-state index in [1.165, 1.54) is 0 Å². The molecule has 2 saturated carbocycles. The van der Waals surface area contributed by atoms with Crippen molar-refractivity contribution in [2.75, 3.05) is 17.5 Å². The number of benzene rings is 1. The van der Waals surface area contributed by atoms with Crippen LogP contribution in [0.15, 0.2) is 18.2 Å². The minimum Gasteiger partial charge on any atom is -0.369 e. The van der Waals surface area contributed by atoms with E-state index < -0.39 is 32.7 Å². The molecule has 1 aliphatic heterocycles. The van der Waals surface area contributed by atoms with E-state index in [1.807, 2.05) is 6.07 Å². The summed E-state index contributed by atoms with van der Waals surface area (Å²) >= 11 is 0. The normalized spacial score (nSPS) is 27.0. The number of sulfonamides is 1. The fourth-order valence-corrected chi connectivity index (χ4v) is 6.19. The number of amides is 2. The molecule has 2 amide bonds. The van der Waals surface area contributed by atoms with Gasteiger partial charge in [-0.05, 0) is 55.4 Å². The van der Waals surface area contributed by atoms with Gasteiger partial charge in [-0.2, -0.15) is 5.26 Å². The molecular formula is C22H28N4O4S. The summed E-state index contributed by atoms with van der Waals surface area (Å²) in [5.74, 6) is -1.17. The molecule has 0 bridgehead atoms. The summed E-state index contributed by atoms with van der Waals surface area (Å²) in [6, 6.07) is 7.68. The van der Waals surface area contributed by atoms with Gasteiger partial charge in [0.2, 0.25) is 21.8 Å². The van der Waals surface area contributed by atoms with Crippen molar-refractivity contribution in [1.82, 2.24) is 4.90 Å². The van der Waals surface area contributed by atoms with Crippen LogP contribution in [0.4, 0.5) is 5.69 Å². The van der Waals surface area contributed by atoms with Crippen LogP contribution in [-0.2, 0) is 32.6 Å². The second-order valence-corrected chi connectivity index (χ2v) is 10.9. The van der Waals surface area contributed by atoms with Crippen LogP contribution in [0.3, 0.4) is 0 Å². The molecule has 2 unspecified atom stereocenters. The van der Waals surface area contributed by atoms with Gasteiger partial charge in [0, 0.05) is 18.8 Å². The highest BCUT2D eigenvalue weighted by Crippen LogP contribution is 2.65. The van der Waals surface area contributed by atoms with E-state index in [0.717, 1.165) is 30.2 Å². The zero-order valence-electron chi connectivity index (χ0n) is 17.7. The molecule has 2 aliphatic carbocycles. The van der Waals surface area contributed by atoms with E-state index in [1.54, 1.807) is 17.0 Å². The number of nitriles is 1. The predicted molar refractivity (Wildman–Crippen MR) is 115 cm³/mol. The monoisotopic (exact) mass is 444 g/mol. The number of nitrogens with zero attached hydrogens (tertiary/aromatic N) is 2. The molecule has 0 saturated heterocycles. The van der Waals surface area contributed by atoms with Crippen LogP contribution in [0.5, 0.6) is 0 Å². The van der Waals surface area contributed by atoms with Crippen molar-refractivity contribution in [3.8, 4) is 6.07 Å². The minimum atomic E-state index is -3.36. The third-order valence-electron chi connectivity index (χ3n) is 7.30. The van der Waals surface area contributed by atoms with Crippen LogP contribution >= 0.6 is 0 Å². The van der Waals surface area contributed by atoms with Crippen LogP contribution in [0.25, 0.3) is 0 Å². The smallest absolute Gasteiger partial charge is 0.229 e. The van der Waals surface area contributed by atoms with Crippen molar-refractivity contribution in [2.24, 2.45) is 22.5 Å². The molecule has 4 rings (SSSR count). The van der Waals surface area contributed by atoms with Gasteiger partial charge in [-0.3, -0.25) is 14.3 Å². The summed E-state index contributed by atoms with van der Waals surface area (Å²) in [5.41, 5.74) is 6.46. The van der Waals surface area contributed by atoms with E-state index in [0.29, 0.717) is 50.9 Å². The average molecular weight is 445 g/mol. The number of hydrogen-bond acceptors (Lipinski definition) is 5. The fraction of sp³-hybridized carbons (Fsp3) is 0.591. The molecule has 31 heavy (non-hydrogen) atoms. The quantitative estimate of drug-likeness (QED) is 0.716. The van der Waals surface area contributed by atoms with Gasteiger partial charge in [0.05, 0.1) is 29.1 Å². The lowest BCUT2D eigenvalue weighted by Gasteiger charge is -2.46. The Hall–Kier alpha value is -2.60. The van der Waals surface area contributed by atoms with Crippen LogP contribution in [-0.4, -0.2) is 37.9 Å². The van der Waals surface area contributed by atoms with Crippen molar-refractivity contribution in [2.45, 2.75) is 51.5 Å². The summed E-state index contributed by atoms with van der Waals surface area (Å²) in [5, 5.41) is 9.84. The summed E-state index contributed by atoms with van der Waals surface area (Å²) in [6.07, 6.45) is 5.66. The van der Waals surface area contributed by atoms with E-state index in [-0.39, 0.29) is 5.91 Å². The van der Waals surface area contributed by atoms with Crippen molar-refractivity contribution in [1.29, 1.82) is 5.26 Å². The van der Waals surface area contributed by atoms with Crippen LogP contribution in [0.1, 0.15) is 49.7 Å². The van der Waals surface area contributed by atoms with E-state index in [9.17, 15) is 23.3 Å². The van der Waals surface area contributed by atoms with E-state index in [4.69, 9.17) is 5.73 Å². The fourth-order valence-electron chi connectivity index (χ4n) is 5.63. The summed E-state index contributed by atoms with van der Waals surface area (Å²) in [7, 11) is -3.36. The maximum atomic E-state index is 13.6. The number of carbonyl (C=O) groups is 2. The van der Waals surface area contributed by atoms with Gasteiger partial charge in [0.25, 0.3) is 0 Å². The largest absolute Gasteiger partial charge is 0.369 e. The number of hydrogen-bond donors (Lipinski definition) is 2. The predicted octanol–water partition coefficient (Wildman–Crippen LogP) is 1.91. The Balaban J connectivity index is 1.59. The molecule has 2 atom stereocenters. The van der Waals surface area contributed by atoms with Gasteiger partial charge in [0.1, 0.15) is 0 Å². The Bertz CT molecular complexity index is 1070. The maximum Gasteiger partial charge on any atom is 0.229 e. The van der Waals surface area contributed by atoms with Crippen molar-refractivity contribution < 1.29 is 18.0 Å². The summed E-state index contributed by atoms with van der Waals surface area (Å²) in [4.78, 5) is 28.1. The highest BCUT2D eigenvalue weighted by molar-refractivity contribution is 7.92. The lowest BCUT2D eigenvalue weighted by atomic mass is 9.57. The number of anilines is 1. The average Bonchev–Trinajstić information content (AvgIpc) is 3.53. The molecule has 166 valence electrons. The Morgan fingerprint density at radius 2 is 1.97 bits per heavy atom. The van der Waals surface area contributed by atoms with Crippen molar-refractivity contribution in [3.05, 3.63) is 29.3 Å². The Morgan fingerprint density at radius 3 is 2.58 bits per heavy atom. The van der Waals surface area contributed by atoms with Crippen molar-refractivity contribution in [3.63, 3.8) is 0 Å². The number of nitrogens with one attached hydrogen (secondary N) is 1. The lowest BCUT2D eigenvalue weighted by Crippen LogP contribution is -2.56. The van der Waals surface area contributed by atoms with E-state index in [2.05, 4.69) is 10.8 Å². The zero-order chi connectivity index (χ0) is 22.4. The highest BCUT2D eigenvalue weighted by Gasteiger charge is 2.68. The number of nitrogens with two attached hydrogens (primary N) is 1. The summed E-state index contributed by atoms with van der Waals surface area (Å²) in [6.45, 7) is 0.886. The van der Waals surface area contributed by atoms with Gasteiger partial charge in [-0.15, -0.1) is 0 Å². The molecule has 1 heterocycles. The molecule has 2 fully saturated rings. The zero-order valence-corrected chi connectivity index (χ0v) is 18.5. The van der Waals surface area contributed by atoms with Gasteiger partial charge in [-0.1, -0.05) is 18.9 Å².